The van der Waals surface area contributed by atoms with Crippen molar-refractivity contribution in [1.29, 1.82) is 0 Å². The van der Waals surface area contributed by atoms with Crippen molar-refractivity contribution in [3.8, 4) is 22.3 Å². The van der Waals surface area contributed by atoms with Crippen LogP contribution in [-0.4, -0.2) is 6.04 Å². The minimum absolute atomic E-state index is 0.275. The second-order valence-corrected chi connectivity index (χ2v) is 12.3. The topological polar surface area (TPSA) is 3.24 Å². The van der Waals surface area contributed by atoms with Gasteiger partial charge in [0.25, 0.3) is 0 Å². The van der Waals surface area contributed by atoms with Crippen LogP contribution in [0.2, 0.25) is 0 Å². The van der Waals surface area contributed by atoms with Gasteiger partial charge in [0.15, 0.2) is 0 Å². The maximum atomic E-state index is 2.54. The van der Waals surface area contributed by atoms with Crippen LogP contribution in [0.15, 0.2) is 127 Å². The Bertz CT molecular complexity index is 2020. The van der Waals surface area contributed by atoms with Crippen LogP contribution in [0.25, 0.3) is 45.2 Å². The van der Waals surface area contributed by atoms with Crippen LogP contribution in [0.5, 0.6) is 0 Å². The van der Waals surface area contributed by atoms with Gasteiger partial charge < -0.3 is 4.90 Å². The Labute approximate surface area is 253 Å². The van der Waals surface area contributed by atoms with Crippen molar-refractivity contribution < 1.29 is 0 Å². The molecule has 0 saturated carbocycles. The summed E-state index contributed by atoms with van der Waals surface area (Å²) in [6, 6.07) is 34.3. The molecule has 1 nitrogen and oxygen atoms in total. The smallest absolute Gasteiger partial charge is 0.0629 e. The van der Waals surface area contributed by atoms with E-state index in [1.807, 2.05) is 0 Å². The van der Waals surface area contributed by atoms with Crippen molar-refractivity contribution in [3.05, 3.63) is 155 Å². The molecule has 5 aromatic rings. The van der Waals surface area contributed by atoms with E-state index in [0.717, 1.165) is 19.3 Å². The summed E-state index contributed by atoms with van der Waals surface area (Å²) in [5.41, 5.74) is 15.2. The Morgan fingerprint density at radius 3 is 2.28 bits per heavy atom. The predicted molar refractivity (Wildman–Crippen MR) is 183 cm³/mol. The number of hydrogen-bond acceptors (Lipinski definition) is 1. The molecule has 3 aliphatic carbocycles. The van der Waals surface area contributed by atoms with Gasteiger partial charge in [0, 0.05) is 17.3 Å². The van der Waals surface area contributed by atoms with Crippen LogP contribution < -0.4 is 4.90 Å². The highest BCUT2D eigenvalue weighted by Gasteiger charge is 2.38. The number of nitrogens with zero attached hydrogens (tertiary/aromatic N) is 1. The first-order chi connectivity index (χ1) is 21.3. The van der Waals surface area contributed by atoms with Crippen molar-refractivity contribution >= 4 is 34.3 Å². The lowest BCUT2D eigenvalue weighted by molar-refractivity contribution is 0.747. The van der Waals surface area contributed by atoms with Crippen molar-refractivity contribution in [3.63, 3.8) is 0 Å². The third-order valence-electron chi connectivity index (χ3n) is 9.93. The number of anilines is 2. The maximum absolute atomic E-state index is 2.54. The van der Waals surface area contributed by atoms with Crippen molar-refractivity contribution in [2.24, 2.45) is 0 Å². The molecule has 0 radical (unpaired) electrons. The molecule has 4 aliphatic rings. The average Bonchev–Trinajstić information content (AvgIpc) is 3.43. The highest BCUT2D eigenvalue weighted by atomic mass is 15.2. The van der Waals surface area contributed by atoms with E-state index in [2.05, 4.69) is 145 Å². The molecule has 43 heavy (non-hydrogen) atoms. The number of hydrogen-bond donors (Lipinski definition) is 0. The van der Waals surface area contributed by atoms with Gasteiger partial charge in [0.05, 0.1) is 6.04 Å². The molecule has 5 aromatic carbocycles. The Kier molecular flexibility index (Phi) is 5.66. The molecular formula is C42H33N. The van der Waals surface area contributed by atoms with Crippen LogP contribution in [-0.2, 0) is 12.8 Å². The summed E-state index contributed by atoms with van der Waals surface area (Å²) in [4.78, 5) is 2.54. The second kappa shape index (κ2) is 9.85. The van der Waals surface area contributed by atoms with Gasteiger partial charge in [0.2, 0.25) is 0 Å². The zero-order valence-electron chi connectivity index (χ0n) is 24.2. The Morgan fingerprint density at radius 1 is 0.628 bits per heavy atom. The van der Waals surface area contributed by atoms with Crippen LogP contribution in [0.4, 0.5) is 11.4 Å². The molecular weight excluding hydrogens is 518 g/mol. The summed E-state index contributed by atoms with van der Waals surface area (Å²) >= 11 is 0. The summed E-state index contributed by atoms with van der Waals surface area (Å²) in [5, 5.41) is 2.68. The quantitative estimate of drug-likeness (QED) is 0.216. The van der Waals surface area contributed by atoms with E-state index in [1.165, 1.54) is 67.5 Å². The normalized spacial score (nSPS) is 19.3. The third-order valence-corrected chi connectivity index (χ3v) is 9.93. The molecule has 1 heterocycles. The summed E-state index contributed by atoms with van der Waals surface area (Å²) in [5.74, 6) is 0.327. The van der Waals surface area contributed by atoms with Gasteiger partial charge in [-0.2, -0.15) is 0 Å². The fourth-order valence-corrected chi connectivity index (χ4v) is 7.94. The van der Waals surface area contributed by atoms with Gasteiger partial charge in [0.1, 0.15) is 0 Å². The average molecular weight is 552 g/mol. The largest absolute Gasteiger partial charge is 0.333 e. The van der Waals surface area contributed by atoms with Gasteiger partial charge in [-0.05, 0) is 117 Å². The zero-order chi connectivity index (χ0) is 28.3. The highest BCUT2D eigenvalue weighted by molar-refractivity contribution is 5.98. The van der Waals surface area contributed by atoms with Gasteiger partial charge in [-0.25, -0.2) is 0 Å². The van der Waals surface area contributed by atoms with Gasteiger partial charge >= 0.3 is 0 Å². The summed E-state index contributed by atoms with van der Waals surface area (Å²) < 4.78 is 0. The number of allylic oxidation sites excluding steroid dienone is 4. The Morgan fingerprint density at radius 2 is 1.40 bits per heavy atom. The SMILES string of the molecule is C1=CC2c3c(ccc4cc(-c5cc6c(c7c5C=CCC7)CCC=C6)ccc34)N(c3ccc(-c4ccccc4)cc3)C2C=C1. The van der Waals surface area contributed by atoms with Gasteiger partial charge in [-0.3, -0.25) is 0 Å². The lowest BCUT2D eigenvalue weighted by atomic mass is 9.80. The lowest BCUT2D eigenvalue weighted by Crippen LogP contribution is -2.28. The van der Waals surface area contributed by atoms with Crippen molar-refractivity contribution in [1.82, 2.24) is 0 Å². The fourth-order valence-electron chi connectivity index (χ4n) is 7.94. The van der Waals surface area contributed by atoms with E-state index in [1.54, 1.807) is 11.1 Å². The molecule has 1 heteroatoms. The summed E-state index contributed by atoms with van der Waals surface area (Å²) in [6.45, 7) is 0. The molecule has 0 fully saturated rings. The molecule has 0 amide bonds. The lowest BCUT2D eigenvalue weighted by Gasteiger charge is -2.28. The van der Waals surface area contributed by atoms with Crippen LogP contribution in [0.3, 0.4) is 0 Å². The van der Waals surface area contributed by atoms with Crippen LogP contribution >= 0.6 is 0 Å². The molecule has 0 N–H and O–H groups in total. The zero-order valence-corrected chi connectivity index (χ0v) is 24.2. The van der Waals surface area contributed by atoms with Crippen molar-refractivity contribution in [2.75, 3.05) is 4.90 Å². The number of rotatable bonds is 3. The second-order valence-electron chi connectivity index (χ2n) is 12.3. The fraction of sp³-hybridized carbons (Fsp3) is 0.143. The first-order valence-corrected chi connectivity index (χ1v) is 15.7. The minimum Gasteiger partial charge on any atom is -0.333 e. The van der Waals surface area contributed by atoms with E-state index in [9.17, 15) is 0 Å². The molecule has 9 rings (SSSR count). The molecule has 2 unspecified atom stereocenters. The third kappa shape index (κ3) is 3.92. The Hall–Kier alpha value is -4.88. The number of fused-ring (bicyclic) bond motifs is 8. The molecule has 0 aromatic heterocycles. The van der Waals surface area contributed by atoms with Gasteiger partial charge in [-0.1, -0.05) is 109 Å². The first-order valence-electron chi connectivity index (χ1n) is 15.7. The van der Waals surface area contributed by atoms with Gasteiger partial charge in [-0.15, -0.1) is 0 Å². The Balaban J connectivity index is 1.16. The summed E-state index contributed by atoms with van der Waals surface area (Å²) in [7, 11) is 0. The number of benzene rings is 5. The minimum atomic E-state index is 0.275. The standard InChI is InChI=1S/C42H33N/c1-2-10-28(11-3-1)29-18-22-33(23-19-29)43-40-17-9-8-16-38(40)42-35-24-20-32(26-31(35)21-25-41(42)43)39-27-30-12-4-5-13-34(30)36-14-6-7-15-37(36)39/h1-4,7-12,15-27,38,40H,5-6,13-14H2. The highest BCUT2D eigenvalue weighted by Crippen LogP contribution is 2.51. The van der Waals surface area contributed by atoms with Crippen LogP contribution in [0.1, 0.15) is 46.6 Å². The predicted octanol–water partition coefficient (Wildman–Crippen LogP) is 10.8. The first kappa shape index (κ1) is 24.7. The molecule has 0 saturated heterocycles. The summed E-state index contributed by atoms with van der Waals surface area (Å²) in [6.07, 6.45) is 23.2. The molecule has 1 aliphatic heterocycles. The molecule has 2 atom stereocenters. The van der Waals surface area contributed by atoms with E-state index < -0.39 is 0 Å². The van der Waals surface area contributed by atoms with Crippen molar-refractivity contribution in [2.45, 2.75) is 37.6 Å². The monoisotopic (exact) mass is 551 g/mol. The van der Waals surface area contributed by atoms with E-state index in [-0.39, 0.29) is 6.04 Å². The molecule has 206 valence electrons. The van der Waals surface area contributed by atoms with E-state index in [0.29, 0.717) is 5.92 Å². The van der Waals surface area contributed by atoms with E-state index in [4.69, 9.17) is 0 Å². The van der Waals surface area contributed by atoms with Crippen LogP contribution in [0, 0.1) is 0 Å². The molecule has 0 bridgehead atoms. The maximum Gasteiger partial charge on any atom is 0.0629 e. The van der Waals surface area contributed by atoms with E-state index >= 15 is 0 Å². The molecule has 0 spiro atoms.